The number of aliphatic hydroxyl groups excluding tert-OH is 1. The van der Waals surface area contributed by atoms with Crippen molar-refractivity contribution in [3.05, 3.63) is 93.9 Å². The number of aryl methyl sites for hydroxylation is 1. The van der Waals surface area contributed by atoms with Crippen LogP contribution in [0.1, 0.15) is 17.2 Å². The summed E-state index contributed by atoms with van der Waals surface area (Å²) in [7, 11) is 0. The molecule has 152 valence electrons. The second-order valence-electron chi connectivity index (χ2n) is 6.71. The van der Waals surface area contributed by atoms with Gasteiger partial charge in [0, 0.05) is 11.9 Å². The highest BCUT2D eigenvalue weighted by Crippen LogP contribution is 2.28. The first-order valence-corrected chi connectivity index (χ1v) is 10.1. The van der Waals surface area contributed by atoms with Crippen molar-refractivity contribution in [3.63, 3.8) is 0 Å². The molecule has 0 fully saturated rings. The lowest BCUT2D eigenvalue weighted by Gasteiger charge is -2.15. The van der Waals surface area contributed by atoms with E-state index >= 15 is 0 Å². The summed E-state index contributed by atoms with van der Waals surface area (Å²) in [5.74, 6) is -1.38. The van der Waals surface area contributed by atoms with Crippen LogP contribution in [0.4, 0.5) is 8.78 Å². The summed E-state index contributed by atoms with van der Waals surface area (Å²) in [6, 6.07) is 13.8. The number of aromatic nitrogens is 3. The van der Waals surface area contributed by atoms with Crippen molar-refractivity contribution in [3.8, 4) is 5.82 Å². The van der Waals surface area contributed by atoms with Gasteiger partial charge in [0.25, 0.3) is 5.56 Å². The number of nitrogens with zero attached hydrogens (tertiary/aromatic N) is 3. The molecule has 0 spiro atoms. The second kappa shape index (κ2) is 8.33. The number of fused-ring (bicyclic) bond motifs is 1. The number of benzene rings is 2. The lowest BCUT2D eigenvalue weighted by molar-refractivity contribution is 0.193. The van der Waals surface area contributed by atoms with Gasteiger partial charge in [-0.15, -0.1) is 0 Å². The molecule has 2 aromatic carbocycles. The number of rotatable bonds is 5. The highest BCUT2D eigenvalue weighted by molar-refractivity contribution is 7.99. The predicted molar refractivity (Wildman–Crippen MR) is 112 cm³/mol. The summed E-state index contributed by atoms with van der Waals surface area (Å²) in [5, 5.41) is 11.1. The summed E-state index contributed by atoms with van der Waals surface area (Å²) in [6.07, 6.45) is 0.216. The van der Waals surface area contributed by atoms with Gasteiger partial charge in [0.2, 0.25) is 0 Å². The van der Waals surface area contributed by atoms with Crippen molar-refractivity contribution in [2.45, 2.75) is 18.2 Å². The highest BCUT2D eigenvalue weighted by Gasteiger charge is 2.20. The van der Waals surface area contributed by atoms with Gasteiger partial charge in [0.05, 0.1) is 22.6 Å². The Hall–Kier alpha value is -3.10. The minimum absolute atomic E-state index is 0.103. The van der Waals surface area contributed by atoms with Crippen LogP contribution in [0.5, 0.6) is 0 Å². The Morgan fingerprint density at radius 2 is 1.80 bits per heavy atom. The maximum atomic E-state index is 14.0. The molecule has 0 amide bonds. The van der Waals surface area contributed by atoms with Crippen molar-refractivity contribution in [1.82, 2.24) is 14.5 Å². The third-order valence-corrected chi connectivity index (χ3v) is 5.59. The first kappa shape index (κ1) is 20.2. The molecule has 2 aromatic heterocycles. The molecular formula is C22H17F2N3O2S. The molecule has 30 heavy (non-hydrogen) atoms. The molecule has 1 unspecified atom stereocenters. The average molecular weight is 425 g/mol. The molecule has 4 aromatic rings. The average Bonchev–Trinajstić information content (AvgIpc) is 2.73. The molecule has 0 radical (unpaired) electrons. The zero-order valence-corrected chi connectivity index (χ0v) is 16.7. The Morgan fingerprint density at radius 3 is 2.50 bits per heavy atom. The summed E-state index contributed by atoms with van der Waals surface area (Å²) < 4.78 is 29.3. The molecular weight excluding hydrogens is 408 g/mol. The second-order valence-corrected chi connectivity index (χ2v) is 7.70. The van der Waals surface area contributed by atoms with E-state index in [-0.39, 0.29) is 16.5 Å². The lowest BCUT2D eigenvalue weighted by atomic mass is 10.1. The minimum Gasteiger partial charge on any atom is -0.387 e. The van der Waals surface area contributed by atoms with Crippen LogP contribution in [0, 0.1) is 18.6 Å². The van der Waals surface area contributed by atoms with E-state index in [1.807, 2.05) is 13.0 Å². The number of para-hydroxylation sites is 1. The zero-order valence-electron chi connectivity index (χ0n) is 15.9. The maximum Gasteiger partial charge on any atom is 0.267 e. The van der Waals surface area contributed by atoms with Crippen LogP contribution in [0.25, 0.3) is 16.7 Å². The van der Waals surface area contributed by atoms with Crippen molar-refractivity contribution in [2.75, 3.05) is 5.75 Å². The lowest BCUT2D eigenvalue weighted by Crippen LogP contribution is -2.23. The maximum absolute atomic E-state index is 14.0. The summed E-state index contributed by atoms with van der Waals surface area (Å²) >= 11 is 1.02. The number of hydrogen-bond acceptors (Lipinski definition) is 5. The number of halogens is 2. The quantitative estimate of drug-likeness (QED) is 0.384. The fourth-order valence-corrected chi connectivity index (χ4v) is 4.01. The fraction of sp³-hybridized carbons (Fsp3) is 0.136. The summed E-state index contributed by atoms with van der Waals surface area (Å²) in [4.78, 5) is 22.0. The Kier molecular flexibility index (Phi) is 5.61. The minimum atomic E-state index is -1.42. The SMILES string of the molecule is Cc1ccc(-n2c(SCC(O)c3c(F)cccc3F)nc3ccccc3c2=O)nc1. The van der Waals surface area contributed by atoms with Gasteiger partial charge >= 0.3 is 0 Å². The zero-order chi connectivity index (χ0) is 21.3. The molecule has 0 saturated heterocycles. The first-order valence-electron chi connectivity index (χ1n) is 9.15. The van der Waals surface area contributed by atoms with Gasteiger partial charge in [0.15, 0.2) is 5.16 Å². The predicted octanol–water partition coefficient (Wildman–Crippen LogP) is 4.19. The summed E-state index contributed by atoms with van der Waals surface area (Å²) in [6.45, 7) is 1.88. The Labute approximate surface area is 175 Å². The first-order chi connectivity index (χ1) is 14.5. The number of hydrogen-bond donors (Lipinski definition) is 1. The normalized spacial score (nSPS) is 12.3. The van der Waals surface area contributed by atoms with Crippen molar-refractivity contribution in [1.29, 1.82) is 0 Å². The monoisotopic (exact) mass is 425 g/mol. The molecule has 0 aliphatic rings. The van der Waals surface area contributed by atoms with Crippen molar-refractivity contribution in [2.24, 2.45) is 0 Å². The van der Waals surface area contributed by atoms with Gasteiger partial charge < -0.3 is 5.11 Å². The van der Waals surface area contributed by atoms with Crippen molar-refractivity contribution < 1.29 is 13.9 Å². The molecule has 0 aliphatic carbocycles. The van der Waals surface area contributed by atoms with E-state index in [1.165, 1.54) is 10.6 Å². The van der Waals surface area contributed by atoms with E-state index in [0.29, 0.717) is 16.7 Å². The Morgan fingerprint density at radius 1 is 1.07 bits per heavy atom. The van der Waals surface area contributed by atoms with E-state index in [4.69, 9.17) is 0 Å². The van der Waals surface area contributed by atoms with E-state index in [2.05, 4.69) is 9.97 Å². The standard InChI is InChI=1S/C22H17F2N3O2S/c1-13-9-10-19(25-11-13)27-21(29)14-5-2-3-8-17(14)26-22(27)30-12-18(28)20-15(23)6-4-7-16(20)24/h2-11,18,28H,12H2,1H3. The smallest absolute Gasteiger partial charge is 0.267 e. The van der Waals surface area contributed by atoms with Crippen LogP contribution in [-0.2, 0) is 0 Å². The van der Waals surface area contributed by atoms with E-state index < -0.39 is 23.3 Å². The molecule has 0 aliphatic heterocycles. The van der Waals surface area contributed by atoms with Crippen LogP contribution in [0.3, 0.4) is 0 Å². The third kappa shape index (κ3) is 3.83. The van der Waals surface area contributed by atoms with Crippen LogP contribution in [-0.4, -0.2) is 25.4 Å². The molecule has 0 saturated carbocycles. The molecule has 0 bridgehead atoms. The third-order valence-electron chi connectivity index (χ3n) is 4.57. The topological polar surface area (TPSA) is 68.0 Å². The largest absolute Gasteiger partial charge is 0.387 e. The van der Waals surface area contributed by atoms with Gasteiger partial charge in [-0.1, -0.05) is 36.0 Å². The van der Waals surface area contributed by atoms with Crippen molar-refractivity contribution >= 4 is 22.7 Å². The molecule has 5 nitrogen and oxygen atoms in total. The Bertz CT molecular complexity index is 1260. The number of aliphatic hydroxyl groups is 1. The molecule has 1 N–H and O–H groups in total. The molecule has 4 rings (SSSR count). The van der Waals surface area contributed by atoms with Crippen LogP contribution < -0.4 is 5.56 Å². The van der Waals surface area contributed by atoms with Gasteiger partial charge in [-0.3, -0.25) is 4.79 Å². The van der Waals surface area contributed by atoms with Crippen LogP contribution in [0.2, 0.25) is 0 Å². The van der Waals surface area contributed by atoms with Gasteiger partial charge in [-0.25, -0.2) is 23.3 Å². The fourth-order valence-electron chi connectivity index (χ4n) is 3.07. The van der Waals surface area contributed by atoms with E-state index in [1.54, 1.807) is 36.5 Å². The van der Waals surface area contributed by atoms with Gasteiger partial charge in [-0.2, -0.15) is 0 Å². The van der Waals surface area contributed by atoms with E-state index in [9.17, 15) is 18.7 Å². The molecule has 1 atom stereocenters. The highest BCUT2D eigenvalue weighted by atomic mass is 32.2. The molecule has 8 heteroatoms. The Balaban J connectivity index is 1.77. The summed E-state index contributed by atoms with van der Waals surface area (Å²) in [5.41, 5.74) is 0.694. The van der Waals surface area contributed by atoms with Gasteiger partial charge in [-0.05, 0) is 42.8 Å². The number of thioether (sulfide) groups is 1. The van der Waals surface area contributed by atoms with Gasteiger partial charge in [0.1, 0.15) is 17.5 Å². The number of pyridine rings is 1. The van der Waals surface area contributed by atoms with Crippen LogP contribution in [0.15, 0.2) is 70.7 Å². The van der Waals surface area contributed by atoms with E-state index in [0.717, 1.165) is 29.5 Å². The molecule has 2 heterocycles. The van der Waals surface area contributed by atoms with Crippen LogP contribution >= 0.6 is 11.8 Å².